The van der Waals surface area contributed by atoms with E-state index < -0.39 is 23.0 Å². The van der Waals surface area contributed by atoms with Gasteiger partial charge in [0.25, 0.3) is 0 Å². The molecule has 6 nitrogen and oxygen atoms in total. The van der Waals surface area contributed by atoms with Crippen LogP contribution in [-0.4, -0.2) is 36.5 Å². The van der Waals surface area contributed by atoms with Crippen LogP contribution < -0.4 is 10.6 Å². The van der Waals surface area contributed by atoms with Gasteiger partial charge < -0.3 is 15.4 Å². The topological polar surface area (TPSA) is 84.5 Å². The molecule has 3 atom stereocenters. The van der Waals surface area contributed by atoms with Crippen molar-refractivity contribution in [2.24, 2.45) is 17.3 Å². The number of carbonyl (C=O) groups is 3. The Morgan fingerprint density at radius 2 is 1.43 bits per heavy atom. The lowest BCUT2D eigenvalue weighted by molar-refractivity contribution is -0.161. The van der Waals surface area contributed by atoms with Crippen LogP contribution in [0.2, 0.25) is 0 Å². The summed E-state index contributed by atoms with van der Waals surface area (Å²) in [5.74, 6) is -1.53. The highest BCUT2D eigenvalue weighted by Gasteiger charge is 2.36. The van der Waals surface area contributed by atoms with E-state index in [1.807, 2.05) is 41.5 Å². The smallest absolute Gasteiger partial charge is 0.309 e. The minimum atomic E-state index is -0.690. The molecule has 6 heteroatoms. The van der Waals surface area contributed by atoms with E-state index in [1.165, 1.54) is 22.3 Å². The Hall–Kier alpha value is -3.15. The van der Waals surface area contributed by atoms with Crippen LogP contribution in [0.15, 0.2) is 42.5 Å². The number of hydrogen-bond acceptors (Lipinski definition) is 4. The molecule has 2 aromatic carbocycles. The summed E-state index contributed by atoms with van der Waals surface area (Å²) in [4.78, 5) is 39.8. The number of unbranched alkanes of at least 4 members (excludes halogenated alkanes) is 1. The minimum absolute atomic E-state index is 0.198. The van der Waals surface area contributed by atoms with Crippen molar-refractivity contribution in [3.8, 4) is 11.1 Å². The molecule has 2 rings (SSSR count). The molecule has 0 fully saturated rings. The summed E-state index contributed by atoms with van der Waals surface area (Å²) in [5, 5.41) is 5.72. The fraction of sp³-hybridized carbons (Fsp3) is 0.583. The minimum Gasteiger partial charge on any atom is -0.460 e. The molecule has 0 radical (unpaired) electrons. The van der Waals surface area contributed by atoms with Gasteiger partial charge in [-0.15, -0.1) is 0 Å². The van der Waals surface area contributed by atoms with Crippen LogP contribution in [0, 0.1) is 31.1 Å². The standard InChI is InChI=1S/C36H54N2O4/c1-11-12-16-29(34(41)42-36(7,8)9)23-28(32(39)38-31(33(40)37-10)35(4,5)6)22-19-26-17-20-27(21-18-26)30-24(2)14-13-15-25(30)3/h13-15,17-18,20-21,28-29,31H,11-12,16,19,22-23H2,1-10H3,(H,37,40)(H,38,39)/t28-,29+,31-/m1/s1. The van der Waals surface area contributed by atoms with Crippen molar-refractivity contribution >= 4 is 17.8 Å². The second-order valence-electron chi connectivity index (χ2n) is 13.7. The van der Waals surface area contributed by atoms with Crippen molar-refractivity contribution in [2.45, 2.75) is 112 Å². The van der Waals surface area contributed by atoms with E-state index in [9.17, 15) is 14.4 Å². The maximum absolute atomic E-state index is 13.8. The molecule has 0 saturated carbocycles. The van der Waals surface area contributed by atoms with Gasteiger partial charge in [-0.3, -0.25) is 14.4 Å². The highest BCUT2D eigenvalue weighted by Crippen LogP contribution is 2.30. The average Bonchev–Trinajstić information content (AvgIpc) is 2.89. The molecule has 42 heavy (non-hydrogen) atoms. The summed E-state index contributed by atoms with van der Waals surface area (Å²) in [6.45, 7) is 17.8. The van der Waals surface area contributed by atoms with E-state index in [2.05, 4.69) is 73.9 Å². The molecular formula is C36H54N2O4. The average molecular weight is 579 g/mol. The van der Waals surface area contributed by atoms with E-state index in [-0.39, 0.29) is 23.7 Å². The molecule has 0 bridgehead atoms. The van der Waals surface area contributed by atoms with Crippen LogP contribution in [0.3, 0.4) is 0 Å². The van der Waals surface area contributed by atoms with Crippen molar-refractivity contribution in [2.75, 3.05) is 7.05 Å². The maximum Gasteiger partial charge on any atom is 0.309 e. The van der Waals surface area contributed by atoms with Gasteiger partial charge in [0.05, 0.1) is 5.92 Å². The largest absolute Gasteiger partial charge is 0.460 e. The summed E-state index contributed by atoms with van der Waals surface area (Å²) in [5.41, 5.74) is 4.95. The van der Waals surface area contributed by atoms with Crippen LogP contribution in [0.25, 0.3) is 11.1 Å². The second-order valence-corrected chi connectivity index (χ2v) is 13.7. The molecule has 0 aliphatic heterocycles. The maximum atomic E-state index is 13.8. The highest BCUT2D eigenvalue weighted by atomic mass is 16.6. The Labute approximate surface area is 254 Å². The lowest BCUT2D eigenvalue weighted by Crippen LogP contribution is -2.54. The number of ether oxygens (including phenoxy) is 1. The molecule has 232 valence electrons. The third-order valence-electron chi connectivity index (χ3n) is 7.75. The first-order valence-electron chi connectivity index (χ1n) is 15.5. The molecule has 0 aliphatic rings. The van der Waals surface area contributed by atoms with Gasteiger partial charge in [0.2, 0.25) is 11.8 Å². The van der Waals surface area contributed by atoms with Crippen molar-refractivity contribution in [3.63, 3.8) is 0 Å². The first-order chi connectivity index (χ1) is 19.6. The summed E-state index contributed by atoms with van der Waals surface area (Å²) in [6.07, 6.45) is 4.11. The summed E-state index contributed by atoms with van der Waals surface area (Å²) < 4.78 is 5.77. The fourth-order valence-corrected chi connectivity index (χ4v) is 5.40. The van der Waals surface area contributed by atoms with Crippen molar-refractivity contribution in [1.82, 2.24) is 10.6 Å². The van der Waals surface area contributed by atoms with Gasteiger partial charge in [0, 0.05) is 13.0 Å². The normalized spacial score (nSPS) is 14.0. The number of amides is 2. The molecule has 0 aliphatic carbocycles. The monoisotopic (exact) mass is 578 g/mol. The zero-order valence-electron chi connectivity index (χ0n) is 27.6. The van der Waals surface area contributed by atoms with Gasteiger partial charge >= 0.3 is 5.97 Å². The third kappa shape index (κ3) is 10.6. The number of esters is 1. The van der Waals surface area contributed by atoms with E-state index in [1.54, 1.807) is 7.05 Å². The number of likely N-dealkylation sites (N-methyl/N-ethyl adjacent to an activating group) is 1. The number of carbonyl (C=O) groups excluding carboxylic acids is 3. The molecular weight excluding hydrogens is 524 g/mol. The Kier molecular flexibility index (Phi) is 12.8. The van der Waals surface area contributed by atoms with Crippen LogP contribution in [0.5, 0.6) is 0 Å². The molecule has 0 spiro atoms. The number of aryl methyl sites for hydroxylation is 3. The lowest BCUT2D eigenvalue weighted by atomic mass is 9.83. The van der Waals surface area contributed by atoms with Crippen molar-refractivity contribution < 1.29 is 19.1 Å². The Morgan fingerprint density at radius 1 is 0.833 bits per heavy atom. The quantitative estimate of drug-likeness (QED) is 0.244. The van der Waals surface area contributed by atoms with Crippen LogP contribution in [0.4, 0.5) is 0 Å². The molecule has 0 saturated heterocycles. The summed E-state index contributed by atoms with van der Waals surface area (Å²) in [6, 6.07) is 14.2. The number of benzene rings is 2. The SMILES string of the molecule is CCCC[C@@H](C[C@@H](CCc1ccc(-c2c(C)cccc2C)cc1)C(=O)N[C@H](C(=O)NC)C(C)(C)C)C(=O)OC(C)(C)C. The molecule has 0 unspecified atom stereocenters. The van der Waals surface area contributed by atoms with E-state index in [4.69, 9.17) is 4.74 Å². The third-order valence-corrected chi connectivity index (χ3v) is 7.75. The molecule has 2 aromatic rings. The summed E-state index contributed by atoms with van der Waals surface area (Å²) in [7, 11) is 1.58. The molecule has 0 aromatic heterocycles. The first-order valence-corrected chi connectivity index (χ1v) is 15.5. The highest BCUT2D eigenvalue weighted by molar-refractivity contribution is 5.89. The van der Waals surface area contributed by atoms with Crippen LogP contribution >= 0.6 is 0 Å². The van der Waals surface area contributed by atoms with Crippen molar-refractivity contribution in [1.29, 1.82) is 0 Å². The van der Waals surface area contributed by atoms with E-state index in [0.29, 0.717) is 25.7 Å². The molecule has 0 heterocycles. The Bertz CT molecular complexity index is 1170. The predicted molar refractivity (Wildman–Crippen MR) is 172 cm³/mol. The van der Waals surface area contributed by atoms with Gasteiger partial charge in [-0.05, 0) is 93.5 Å². The number of nitrogens with one attached hydrogen (secondary N) is 2. The van der Waals surface area contributed by atoms with Gasteiger partial charge in [-0.25, -0.2) is 0 Å². The lowest BCUT2D eigenvalue weighted by Gasteiger charge is -2.32. The molecule has 2 N–H and O–H groups in total. The van der Waals surface area contributed by atoms with Crippen molar-refractivity contribution in [3.05, 3.63) is 59.2 Å². The van der Waals surface area contributed by atoms with Gasteiger partial charge in [0.1, 0.15) is 11.6 Å². The fourth-order valence-electron chi connectivity index (χ4n) is 5.40. The van der Waals surface area contributed by atoms with Gasteiger partial charge in [0.15, 0.2) is 0 Å². The van der Waals surface area contributed by atoms with Gasteiger partial charge in [-0.2, -0.15) is 0 Å². The van der Waals surface area contributed by atoms with E-state index in [0.717, 1.165) is 18.4 Å². The summed E-state index contributed by atoms with van der Waals surface area (Å²) >= 11 is 0. The predicted octanol–water partition coefficient (Wildman–Crippen LogP) is 7.33. The Morgan fingerprint density at radius 3 is 1.93 bits per heavy atom. The first kappa shape index (κ1) is 35.0. The van der Waals surface area contributed by atoms with E-state index >= 15 is 0 Å². The van der Waals surface area contributed by atoms with Crippen LogP contribution in [0.1, 0.15) is 97.3 Å². The zero-order valence-corrected chi connectivity index (χ0v) is 27.6. The Balaban J connectivity index is 2.33. The molecule has 2 amide bonds. The number of rotatable bonds is 13. The van der Waals surface area contributed by atoms with Crippen LogP contribution in [-0.2, 0) is 25.5 Å². The zero-order chi connectivity index (χ0) is 31.7. The number of hydrogen-bond donors (Lipinski definition) is 2. The second kappa shape index (κ2) is 15.4. The van der Waals surface area contributed by atoms with Gasteiger partial charge in [-0.1, -0.05) is 83.0 Å².